The van der Waals surface area contributed by atoms with Crippen molar-refractivity contribution in [2.24, 2.45) is 5.73 Å². The van der Waals surface area contributed by atoms with Crippen LogP contribution in [0.3, 0.4) is 0 Å². The van der Waals surface area contributed by atoms with Crippen molar-refractivity contribution in [1.82, 2.24) is 0 Å². The highest BCUT2D eigenvalue weighted by molar-refractivity contribution is 7.80. The molecule has 126 valence electrons. The smallest absolute Gasteiger partial charge is 0.122 e. The van der Waals surface area contributed by atoms with Crippen molar-refractivity contribution in [3.05, 3.63) is 84.4 Å². The number of rotatable bonds is 7. The van der Waals surface area contributed by atoms with E-state index in [9.17, 15) is 0 Å². The summed E-state index contributed by atoms with van der Waals surface area (Å²) < 4.78 is 11.4. The molecular formula is C21H19NO2S. The fourth-order valence-corrected chi connectivity index (χ4v) is 2.54. The molecule has 3 rings (SSSR count). The number of hydrogen-bond acceptors (Lipinski definition) is 3. The number of benzene rings is 3. The average Bonchev–Trinajstić information content (AvgIpc) is 2.67. The lowest BCUT2D eigenvalue weighted by atomic mass is 10.1. The van der Waals surface area contributed by atoms with Crippen LogP contribution < -0.4 is 15.2 Å². The molecule has 3 nitrogen and oxygen atoms in total. The molecule has 0 bridgehead atoms. The third-order valence-electron chi connectivity index (χ3n) is 3.72. The Bertz CT molecular complexity index is 815. The summed E-state index contributed by atoms with van der Waals surface area (Å²) in [5.74, 6) is 1.59. The van der Waals surface area contributed by atoms with Crippen LogP contribution in [-0.4, -0.2) is 18.2 Å². The first kappa shape index (κ1) is 17.0. The van der Waals surface area contributed by atoms with Gasteiger partial charge in [0.25, 0.3) is 0 Å². The zero-order chi connectivity index (χ0) is 17.5. The summed E-state index contributed by atoms with van der Waals surface area (Å²) in [6, 6.07) is 25.7. The molecule has 0 saturated carbocycles. The molecule has 3 aromatic carbocycles. The number of ether oxygens (including phenoxy) is 2. The van der Waals surface area contributed by atoms with Crippen LogP contribution in [-0.2, 0) is 0 Å². The molecule has 0 amide bonds. The highest BCUT2D eigenvalue weighted by atomic mass is 32.1. The second-order valence-corrected chi connectivity index (χ2v) is 5.92. The van der Waals surface area contributed by atoms with E-state index in [0.717, 1.165) is 17.1 Å². The van der Waals surface area contributed by atoms with Crippen LogP contribution in [0, 0.1) is 0 Å². The minimum atomic E-state index is 0.383. The minimum Gasteiger partial charge on any atom is -0.490 e. The molecule has 4 heteroatoms. The maximum absolute atomic E-state index is 5.71. The maximum Gasteiger partial charge on any atom is 0.122 e. The van der Waals surface area contributed by atoms with Crippen LogP contribution in [0.2, 0.25) is 0 Å². The second kappa shape index (κ2) is 8.31. The van der Waals surface area contributed by atoms with E-state index >= 15 is 0 Å². The lowest BCUT2D eigenvalue weighted by Crippen LogP contribution is -2.10. The molecular weight excluding hydrogens is 330 g/mol. The van der Waals surface area contributed by atoms with Gasteiger partial charge in [-0.1, -0.05) is 54.7 Å². The first-order valence-corrected chi connectivity index (χ1v) is 8.44. The van der Waals surface area contributed by atoms with Gasteiger partial charge < -0.3 is 15.2 Å². The van der Waals surface area contributed by atoms with Gasteiger partial charge in [0.2, 0.25) is 0 Å². The predicted octanol–water partition coefficient (Wildman–Crippen LogP) is 4.45. The summed E-state index contributed by atoms with van der Waals surface area (Å²) in [5, 5.41) is 0. The Morgan fingerprint density at radius 3 is 1.68 bits per heavy atom. The number of nitrogens with two attached hydrogens (primary N) is 1. The third-order valence-corrected chi connectivity index (χ3v) is 3.96. The highest BCUT2D eigenvalue weighted by Crippen LogP contribution is 2.22. The van der Waals surface area contributed by atoms with E-state index in [-0.39, 0.29) is 0 Å². The molecule has 0 aliphatic carbocycles. The average molecular weight is 349 g/mol. The molecule has 2 N–H and O–H groups in total. The maximum atomic E-state index is 5.71. The molecule has 0 radical (unpaired) electrons. The van der Waals surface area contributed by atoms with E-state index in [2.05, 4.69) is 24.3 Å². The summed E-state index contributed by atoms with van der Waals surface area (Å²) in [6.07, 6.45) is 0. The van der Waals surface area contributed by atoms with E-state index < -0.39 is 0 Å². The van der Waals surface area contributed by atoms with Crippen molar-refractivity contribution < 1.29 is 9.47 Å². The lowest BCUT2D eigenvalue weighted by molar-refractivity contribution is 0.217. The first-order chi connectivity index (χ1) is 12.2. The third kappa shape index (κ3) is 4.81. The molecule has 3 aromatic rings. The Labute approximate surface area is 153 Å². The topological polar surface area (TPSA) is 44.5 Å². The van der Waals surface area contributed by atoms with E-state index in [0.29, 0.717) is 18.2 Å². The van der Waals surface area contributed by atoms with Crippen molar-refractivity contribution >= 4 is 17.2 Å². The molecule has 0 fully saturated rings. The van der Waals surface area contributed by atoms with Gasteiger partial charge in [-0.05, 0) is 47.5 Å². The van der Waals surface area contributed by atoms with E-state index in [1.807, 2.05) is 54.6 Å². The van der Waals surface area contributed by atoms with Crippen molar-refractivity contribution in [1.29, 1.82) is 0 Å². The summed E-state index contributed by atoms with van der Waals surface area (Å²) in [4.78, 5) is 0.383. The molecule has 0 saturated heterocycles. The van der Waals surface area contributed by atoms with E-state index in [1.54, 1.807) is 0 Å². The predicted molar refractivity (Wildman–Crippen MR) is 105 cm³/mol. The zero-order valence-electron chi connectivity index (χ0n) is 13.7. The van der Waals surface area contributed by atoms with Gasteiger partial charge in [0.05, 0.1) is 0 Å². The Morgan fingerprint density at radius 1 is 0.680 bits per heavy atom. The van der Waals surface area contributed by atoms with Crippen LogP contribution in [0.5, 0.6) is 11.5 Å². The fraction of sp³-hybridized carbons (Fsp3) is 0.0952. The molecule has 0 unspecified atom stereocenters. The zero-order valence-corrected chi connectivity index (χ0v) is 14.5. The van der Waals surface area contributed by atoms with Crippen LogP contribution in [0.4, 0.5) is 0 Å². The Kier molecular flexibility index (Phi) is 5.65. The normalized spacial score (nSPS) is 10.2. The van der Waals surface area contributed by atoms with Gasteiger partial charge in [-0.25, -0.2) is 0 Å². The SMILES string of the molecule is NC(=S)c1ccc(OCCOc2ccc(-c3ccccc3)cc2)cc1. The fourth-order valence-electron chi connectivity index (χ4n) is 2.41. The van der Waals surface area contributed by atoms with Crippen molar-refractivity contribution in [2.45, 2.75) is 0 Å². The van der Waals surface area contributed by atoms with Crippen LogP contribution >= 0.6 is 12.2 Å². The Hall–Kier alpha value is -2.85. The quantitative estimate of drug-likeness (QED) is 0.506. The lowest BCUT2D eigenvalue weighted by Gasteiger charge is -2.09. The molecule has 0 aromatic heterocycles. The van der Waals surface area contributed by atoms with Gasteiger partial charge >= 0.3 is 0 Å². The highest BCUT2D eigenvalue weighted by Gasteiger charge is 2.00. The van der Waals surface area contributed by atoms with Gasteiger partial charge in [-0.15, -0.1) is 0 Å². The minimum absolute atomic E-state index is 0.383. The van der Waals surface area contributed by atoms with Crippen molar-refractivity contribution in [3.63, 3.8) is 0 Å². The van der Waals surface area contributed by atoms with Crippen molar-refractivity contribution in [3.8, 4) is 22.6 Å². The van der Waals surface area contributed by atoms with Gasteiger partial charge in [0.1, 0.15) is 29.7 Å². The largest absolute Gasteiger partial charge is 0.490 e. The summed E-state index contributed by atoms with van der Waals surface area (Å²) >= 11 is 4.92. The molecule has 25 heavy (non-hydrogen) atoms. The van der Waals surface area contributed by atoms with Gasteiger partial charge in [0, 0.05) is 5.56 Å². The molecule has 0 atom stereocenters. The van der Waals surface area contributed by atoms with Crippen molar-refractivity contribution in [2.75, 3.05) is 13.2 Å². The van der Waals surface area contributed by atoms with E-state index in [4.69, 9.17) is 27.4 Å². The molecule has 0 aliphatic heterocycles. The Balaban J connectivity index is 1.47. The van der Waals surface area contributed by atoms with Gasteiger partial charge in [0.15, 0.2) is 0 Å². The summed E-state index contributed by atoms with van der Waals surface area (Å²) in [5.41, 5.74) is 8.76. The van der Waals surface area contributed by atoms with Gasteiger partial charge in [-0.2, -0.15) is 0 Å². The monoisotopic (exact) mass is 349 g/mol. The van der Waals surface area contributed by atoms with Crippen LogP contribution in [0.15, 0.2) is 78.9 Å². The molecule has 0 heterocycles. The molecule has 0 aliphatic rings. The van der Waals surface area contributed by atoms with Crippen LogP contribution in [0.25, 0.3) is 11.1 Å². The van der Waals surface area contributed by atoms with Gasteiger partial charge in [-0.3, -0.25) is 0 Å². The molecule has 0 spiro atoms. The van der Waals surface area contributed by atoms with Crippen LogP contribution in [0.1, 0.15) is 5.56 Å². The summed E-state index contributed by atoms with van der Waals surface area (Å²) in [6.45, 7) is 0.939. The Morgan fingerprint density at radius 2 is 1.16 bits per heavy atom. The first-order valence-electron chi connectivity index (χ1n) is 8.03. The number of thiocarbonyl (C=S) groups is 1. The summed E-state index contributed by atoms with van der Waals surface area (Å²) in [7, 11) is 0. The number of hydrogen-bond donors (Lipinski definition) is 1. The second-order valence-electron chi connectivity index (χ2n) is 5.48. The van der Waals surface area contributed by atoms with E-state index in [1.165, 1.54) is 11.1 Å². The standard InChI is InChI=1S/C21H19NO2S/c22-21(25)18-8-12-20(13-9-18)24-15-14-23-19-10-6-17(7-11-19)16-4-2-1-3-5-16/h1-13H,14-15H2,(H2,22,25).